The van der Waals surface area contributed by atoms with Gasteiger partial charge in [0.15, 0.2) is 17.6 Å². The predicted octanol–water partition coefficient (Wildman–Crippen LogP) is 3.36. The summed E-state index contributed by atoms with van der Waals surface area (Å²) in [6, 6.07) is 11.7. The van der Waals surface area contributed by atoms with Crippen molar-refractivity contribution in [3.63, 3.8) is 0 Å². The topological polar surface area (TPSA) is 48.0 Å². The number of methoxy groups -OCH3 is 2. The average Bonchev–Trinajstić information content (AvgIpc) is 2.65. The Labute approximate surface area is 154 Å². The van der Waals surface area contributed by atoms with Gasteiger partial charge in [-0.3, -0.25) is 4.79 Å². The Kier molecular flexibility index (Phi) is 5.35. The largest absolute Gasteiger partial charge is 0.493 e. The van der Waals surface area contributed by atoms with Gasteiger partial charge in [0, 0.05) is 13.1 Å². The first-order valence-electron chi connectivity index (χ1n) is 8.77. The van der Waals surface area contributed by atoms with Crippen molar-refractivity contribution in [1.29, 1.82) is 0 Å². The van der Waals surface area contributed by atoms with Crippen molar-refractivity contribution < 1.29 is 19.0 Å². The first kappa shape index (κ1) is 18.1. The summed E-state index contributed by atoms with van der Waals surface area (Å²) in [5.74, 6) is 2.12. The molecule has 1 heterocycles. The van der Waals surface area contributed by atoms with E-state index in [2.05, 4.69) is 0 Å². The quantitative estimate of drug-likeness (QED) is 0.825. The molecule has 2 aromatic rings. The molecule has 1 aliphatic heterocycles. The molecular formula is C21H25NO4. The average molecular weight is 355 g/mol. The van der Waals surface area contributed by atoms with Crippen molar-refractivity contribution in [3.8, 4) is 17.2 Å². The molecule has 0 aliphatic carbocycles. The number of benzene rings is 2. The van der Waals surface area contributed by atoms with Crippen LogP contribution in [0.2, 0.25) is 0 Å². The number of nitrogens with zero attached hydrogens (tertiary/aromatic N) is 1. The molecule has 138 valence electrons. The van der Waals surface area contributed by atoms with Crippen LogP contribution < -0.4 is 14.2 Å². The Morgan fingerprint density at radius 3 is 2.42 bits per heavy atom. The van der Waals surface area contributed by atoms with Crippen LogP contribution in [-0.2, 0) is 17.8 Å². The lowest BCUT2D eigenvalue weighted by atomic mass is 9.98. The third-order valence-electron chi connectivity index (χ3n) is 4.68. The lowest BCUT2D eigenvalue weighted by molar-refractivity contribution is -0.138. The summed E-state index contributed by atoms with van der Waals surface area (Å²) in [6.07, 6.45) is 0.261. The van der Waals surface area contributed by atoms with Crippen LogP contribution in [0.3, 0.4) is 0 Å². The highest BCUT2D eigenvalue weighted by atomic mass is 16.5. The number of aryl methyl sites for hydroxylation is 1. The molecule has 0 aromatic heterocycles. The Morgan fingerprint density at radius 2 is 1.77 bits per heavy atom. The van der Waals surface area contributed by atoms with Crippen molar-refractivity contribution >= 4 is 5.91 Å². The van der Waals surface area contributed by atoms with E-state index in [-0.39, 0.29) is 5.91 Å². The standard InChI is InChI=1S/C21H25NO4/c1-14-6-5-7-18(10-14)26-15(2)21(23)22-9-8-16-11-19(24-3)20(25-4)12-17(16)13-22/h5-7,10-12,15H,8-9,13H2,1-4H3. The summed E-state index contributed by atoms with van der Waals surface area (Å²) >= 11 is 0. The van der Waals surface area contributed by atoms with Crippen molar-refractivity contribution in [1.82, 2.24) is 4.90 Å². The van der Waals surface area contributed by atoms with Crippen LogP contribution >= 0.6 is 0 Å². The number of carbonyl (C=O) groups excluding carboxylic acids is 1. The number of fused-ring (bicyclic) bond motifs is 1. The number of rotatable bonds is 5. The van der Waals surface area contributed by atoms with E-state index in [9.17, 15) is 4.79 Å². The number of ether oxygens (including phenoxy) is 3. The third kappa shape index (κ3) is 3.77. The Bertz CT molecular complexity index is 803. The summed E-state index contributed by atoms with van der Waals surface area (Å²) in [4.78, 5) is 14.7. The molecule has 5 nitrogen and oxygen atoms in total. The third-order valence-corrected chi connectivity index (χ3v) is 4.68. The smallest absolute Gasteiger partial charge is 0.263 e. The molecule has 0 N–H and O–H groups in total. The maximum Gasteiger partial charge on any atom is 0.263 e. The minimum absolute atomic E-state index is 0.00746. The number of hydrogen-bond acceptors (Lipinski definition) is 4. The second-order valence-corrected chi connectivity index (χ2v) is 6.56. The van der Waals surface area contributed by atoms with Gasteiger partial charge in [0.05, 0.1) is 14.2 Å². The SMILES string of the molecule is COc1cc2c(cc1OC)CN(C(=O)C(C)Oc1cccc(C)c1)CC2. The van der Waals surface area contributed by atoms with Crippen LogP contribution in [0.5, 0.6) is 17.2 Å². The van der Waals surface area contributed by atoms with E-state index < -0.39 is 6.10 Å². The van der Waals surface area contributed by atoms with Gasteiger partial charge in [-0.15, -0.1) is 0 Å². The normalized spacial score (nSPS) is 14.4. The number of hydrogen-bond donors (Lipinski definition) is 0. The van der Waals surface area contributed by atoms with Gasteiger partial charge in [-0.1, -0.05) is 12.1 Å². The molecule has 5 heteroatoms. The highest BCUT2D eigenvalue weighted by molar-refractivity contribution is 5.81. The minimum Gasteiger partial charge on any atom is -0.493 e. The maximum atomic E-state index is 12.8. The van der Waals surface area contributed by atoms with E-state index >= 15 is 0 Å². The van der Waals surface area contributed by atoms with Gasteiger partial charge in [-0.2, -0.15) is 0 Å². The zero-order valence-corrected chi connectivity index (χ0v) is 15.7. The molecule has 26 heavy (non-hydrogen) atoms. The van der Waals surface area contributed by atoms with Crippen LogP contribution in [0, 0.1) is 6.92 Å². The fourth-order valence-electron chi connectivity index (χ4n) is 3.27. The highest BCUT2D eigenvalue weighted by Crippen LogP contribution is 2.33. The molecule has 1 unspecified atom stereocenters. The van der Waals surface area contributed by atoms with Crippen LogP contribution in [0.15, 0.2) is 36.4 Å². The van der Waals surface area contributed by atoms with Crippen molar-refractivity contribution in [2.45, 2.75) is 32.9 Å². The van der Waals surface area contributed by atoms with Crippen molar-refractivity contribution in [3.05, 3.63) is 53.1 Å². The first-order valence-corrected chi connectivity index (χ1v) is 8.77. The molecular weight excluding hydrogens is 330 g/mol. The predicted molar refractivity (Wildman–Crippen MR) is 99.9 cm³/mol. The molecule has 3 rings (SSSR count). The molecule has 0 fully saturated rings. The Balaban J connectivity index is 1.72. The fraction of sp³-hybridized carbons (Fsp3) is 0.381. The van der Waals surface area contributed by atoms with Crippen molar-refractivity contribution in [2.24, 2.45) is 0 Å². The van der Waals surface area contributed by atoms with Gasteiger partial charge in [-0.25, -0.2) is 0 Å². The van der Waals surface area contributed by atoms with E-state index in [0.717, 1.165) is 29.0 Å². The molecule has 0 saturated carbocycles. The number of carbonyl (C=O) groups is 1. The minimum atomic E-state index is -0.529. The molecule has 2 aromatic carbocycles. The zero-order valence-electron chi connectivity index (χ0n) is 15.7. The Morgan fingerprint density at radius 1 is 1.08 bits per heavy atom. The van der Waals surface area contributed by atoms with Gasteiger partial charge in [0.25, 0.3) is 5.91 Å². The molecule has 0 bridgehead atoms. The first-order chi connectivity index (χ1) is 12.5. The summed E-state index contributed by atoms with van der Waals surface area (Å²) in [6.45, 7) is 5.02. The summed E-state index contributed by atoms with van der Waals surface area (Å²) < 4.78 is 16.6. The van der Waals surface area contributed by atoms with Crippen LogP contribution in [-0.4, -0.2) is 37.7 Å². The fourth-order valence-corrected chi connectivity index (χ4v) is 3.27. The highest BCUT2D eigenvalue weighted by Gasteiger charge is 2.27. The Hall–Kier alpha value is -2.69. The summed E-state index contributed by atoms with van der Waals surface area (Å²) in [5, 5.41) is 0. The second kappa shape index (κ2) is 7.68. The van der Waals surface area contributed by atoms with E-state index in [0.29, 0.717) is 18.8 Å². The van der Waals surface area contributed by atoms with Gasteiger partial charge in [-0.05, 0) is 61.2 Å². The molecule has 1 atom stereocenters. The lowest BCUT2D eigenvalue weighted by Crippen LogP contribution is -2.43. The second-order valence-electron chi connectivity index (χ2n) is 6.56. The van der Waals surface area contributed by atoms with Crippen LogP contribution in [0.1, 0.15) is 23.6 Å². The van der Waals surface area contributed by atoms with Gasteiger partial charge in [0.1, 0.15) is 5.75 Å². The van der Waals surface area contributed by atoms with E-state index in [1.807, 2.05) is 48.2 Å². The number of amides is 1. The van der Waals surface area contributed by atoms with E-state index in [4.69, 9.17) is 14.2 Å². The molecule has 0 radical (unpaired) electrons. The summed E-state index contributed by atoms with van der Waals surface area (Å²) in [5.41, 5.74) is 3.39. The zero-order chi connectivity index (χ0) is 18.7. The van der Waals surface area contributed by atoms with E-state index in [1.165, 1.54) is 5.56 Å². The van der Waals surface area contributed by atoms with Gasteiger partial charge in [0.2, 0.25) is 0 Å². The lowest BCUT2D eigenvalue weighted by Gasteiger charge is -2.31. The van der Waals surface area contributed by atoms with E-state index in [1.54, 1.807) is 21.1 Å². The molecule has 1 aliphatic rings. The monoisotopic (exact) mass is 355 g/mol. The van der Waals surface area contributed by atoms with Crippen LogP contribution in [0.25, 0.3) is 0 Å². The molecule has 1 amide bonds. The summed E-state index contributed by atoms with van der Waals surface area (Å²) in [7, 11) is 3.25. The van der Waals surface area contributed by atoms with Gasteiger partial charge >= 0.3 is 0 Å². The van der Waals surface area contributed by atoms with Gasteiger partial charge < -0.3 is 19.1 Å². The molecule has 0 spiro atoms. The molecule has 0 saturated heterocycles. The maximum absolute atomic E-state index is 12.8. The van der Waals surface area contributed by atoms with Crippen LogP contribution in [0.4, 0.5) is 0 Å². The van der Waals surface area contributed by atoms with Crippen molar-refractivity contribution in [2.75, 3.05) is 20.8 Å².